The molecule has 36 heavy (non-hydrogen) atoms. The van der Waals surface area contributed by atoms with E-state index in [4.69, 9.17) is 0 Å². The molecule has 0 aromatic heterocycles. The number of hydrogen-bond acceptors (Lipinski definition) is 5. The number of amides is 5. The van der Waals surface area contributed by atoms with Crippen LogP contribution in [-0.4, -0.2) is 61.8 Å². The van der Waals surface area contributed by atoms with Crippen LogP contribution in [0, 0.1) is 5.92 Å². The molecular formula is C26H41N5O5. The molecule has 5 amide bonds. The minimum Gasteiger partial charge on any atom is -0.355 e. The molecule has 0 heterocycles. The first kappa shape index (κ1) is 30.6. The Morgan fingerprint density at radius 1 is 0.722 bits per heavy atom. The van der Waals surface area contributed by atoms with Gasteiger partial charge < -0.3 is 26.6 Å². The standard InChI is InChI=1S/C26H41N5O5/c1-4-27-23(33)17-30-26(36)21(15-20-12-8-6-9-13-20)31-25(35)18-29-24(34)16-28-22(32)14-10-5-7-11-19(2)3/h6,8-9,12-13,19,21H,4-5,7,10-11,14-18H2,1-3H3,(H,27,33)(H,28,32)(H,29,34)(H,30,36)(H,31,35). The van der Waals surface area contributed by atoms with Gasteiger partial charge in [-0.3, -0.25) is 24.0 Å². The average molecular weight is 504 g/mol. The number of carbonyl (C=O) groups excluding carboxylic acids is 5. The lowest BCUT2D eigenvalue weighted by molar-refractivity contribution is -0.131. The van der Waals surface area contributed by atoms with E-state index in [2.05, 4.69) is 40.4 Å². The van der Waals surface area contributed by atoms with Crippen molar-refractivity contribution in [2.45, 2.75) is 65.3 Å². The van der Waals surface area contributed by atoms with Crippen LogP contribution in [0.15, 0.2) is 30.3 Å². The topological polar surface area (TPSA) is 146 Å². The minimum atomic E-state index is -0.929. The van der Waals surface area contributed by atoms with Crippen molar-refractivity contribution < 1.29 is 24.0 Å². The first-order chi connectivity index (χ1) is 17.2. The molecule has 1 aromatic carbocycles. The maximum absolute atomic E-state index is 12.6. The molecule has 1 aromatic rings. The molecule has 10 heteroatoms. The zero-order chi connectivity index (χ0) is 26.8. The van der Waals surface area contributed by atoms with Gasteiger partial charge in [-0.05, 0) is 24.8 Å². The third-order valence-electron chi connectivity index (χ3n) is 5.31. The van der Waals surface area contributed by atoms with Crippen LogP contribution in [0.5, 0.6) is 0 Å². The summed E-state index contributed by atoms with van der Waals surface area (Å²) in [5, 5.41) is 12.7. The predicted octanol–water partition coefficient (Wildman–Crippen LogP) is 0.805. The first-order valence-corrected chi connectivity index (χ1v) is 12.6. The lowest BCUT2D eigenvalue weighted by Crippen LogP contribution is -2.52. The van der Waals surface area contributed by atoms with Crippen LogP contribution in [0.2, 0.25) is 0 Å². The Balaban J connectivity index is 2.44. The molecule has 0 radical (unpaired) electrons. The number of unbranched alkanes of at least 4 members (excludes halogenated alkanes) is 2. The summed E-state index contributed by atoms with van der Waals surface area (Å²) in [4.78, 5) is 60.6. The molecule has 1 unspecified atom stereocenters. The highest BCUT2D eigenvalue weighted by Crippen LogP contribution is 2.09. The largest absolute Gasteiger partial charge is 0.355 e. The van der Waals surface area contributed by atoms with Gasteiger partial charge in [0.2, 0.25) is 29.5 Å². The lowest BCUT2D eigenvalue weighted by atomic mass is 10.0. The summed E-state index contributed by atoms with van der Waals surface area (Å²) >= 11 is 0. The Hall–Kier alpha value is -3.43. The molecule has 0 bridgehead atoms. The highest BCUT2D eigenvalue weighted by molar-refractivity contribution is 5.92. The van der Waals surface area contributed by atoms with Crippen LogP contribution in [0.25, 0.3) is 0 Å². The zero-order valence-electron chi connectivity index (χ0n) is 21.7. The van der Waals surface area contributed by atoms with Crippen molar-refractivity contribution >= 4 is 29.5 Å². The Kier molecular flexibility index (Phi) is 15.2. The normalized spacial score (nSPS) is 11.3. The van der Waals surface area contributed by atoms with Crippen molar-refractivity contribution in [1.29, 1.82) is 0 Å². The third-order valence-corrected chi connectivity index (χ3v) is 5.31. The van der Waals surface area contributed by atoms with Gasteiger partial charge in [-0.15, -0.1) is 0 Å². The molecule has 1 rings (SSSR count). The highest BCUT2D eigenvalue weighted by atomic mass is 16.2. The second kappa shape index (κ2) is 17.9. The number of carbonyl (C=O) groups is 5. The number of benzene rings is 1. The Labute approximate surface area is 213 Å². The van der Waals surface area contributed by atoms with Crippen molar-refractivity contribution in [3.05, 3.63) is 35.9 Å². The monoisotopic (exact) mass is 503 g/mol. The summed E-state index contributed by atoms with van der Waals surface area (Å²) in [5.74, 6) is -1.46. The van der Waals surface area contributed by atoms with E-state index in [9.17, 15) is 24.0 Å². The quantitative estimate of drug-likeness (QED) is 0.200. The smallest absolute Gasteiger partial charge is 0.243 e. The summed E-state index contributed by atoms with van der Waals surface area (Å²) < 4.78 is 0. The molecule has 0 aliphatic rings. The van der Waals surface area contributed by atoms with E-state index in [1.165, 1.54) is 0 Å². The Bertz CT molecular complexity index is 844. The van der Waals surface area contributed by atoms with Gasteiger partial charge in [-0.25, -0.2) is 0 Å². The van der Waals surface area contributed by atoms with E-state index in [0.717, 1.165) is 31.2 Å². The van der Waals surface area contributed by atoms with Gasteiger partial charge in [0.1, 0.15) is 6.04 Å². The average Bonchev–Trinajstić information content (AvgIpc) is 2.84. The maximum Gasteiger partial charge on any atom is 0.243 e. The van der Waals surface area contributed by atoms with Crippen molar-refractivity contribution in [3.8, 4) is 0 Å². The second-order valence-corrected chi connectivity index (χ2v) is 9.03. The summed E-state index contributed by atoms with van der Waals surface area (Å²) in [6.45, 7) is 5.76. The summed E-state index contributed by atoms with van der Waals surface area (Å²) in [6.07, 6.45) is 4.53. The number of nitrogens with one attached hydrogen (secondary N) is 5. The van der Waals surface area contributed by atoms with E-state index in [0.29, 0.717) is 18.9 Å². The van der Waals surface area contributed by atoms with Crippen LogP contribution < -0.4 is 26.6 Å². The fourth-order valence-electron chi connectivity index (χ4n) is 3.38. The molecule has 1 atom stereocenters. The summed E-state index contributed by atoms with van der Waals surface area (Å²) in [6, 6.07) is 8.20. The van der Waals surface area contributed by atoms with Gasteiger partial charge in [0.15, 0.2) is 0 Å². The maximum atomic E-state index is 12.6. The van der Waals surface area contributed by atoms with E-state index in [1.54, 1.807) is 6.92 Å². The van der Waals surface area contributed by atoms with Crippen LogP contribution >= 0.6 is 0 Å². The van der Waals surface area contributed by atoms with E-state index in [1.807, 2.05) is 30.3 Å². The number of likely N-dealkylation sites (N-methyl/N-ethyl adjacent to an activating group) is 1. The van der Waals surface area contributed by atoms with Crippen molar-refractivity contribution in [2.75, 3.05) is 26.2 Å². The molecule has 5 N–H and O–H groups in total. The molecule has 0 fully saturated rings. The molecule has 0 saturated heterocycles. The van der Waals surface area contributed by atoms with Gasteiger partial charge in [0.25, 0.3) is 0 Å². The number of hydrogen-bond donors (Lipinski definition) is 5. The lowest BCUT2D eigenvalue weighted by Gasteiger charge is -2.19. The van der Waals surface area contributed by atoms with Crippen LogP contribution in [0.3, 0.4) is 0 Å². The van der Waals surface area contributed by atoms with Crippen LogP contribution in [0.4, 0.5) is 0 Å². The molecule has 0 aliphatic carbocycles. The van der Waals surface area contributed by atoms with Gasteiger partial charge in [0.05, 0.1) is 19.6 Å². The second-order valence-electron chi connectivity index (χ2n) is 9.03. The third kappa shape index (κ3) is 14.7. The van der Waals surface area contributed by atoms with Gasteiger partial charge in [-0.2, -0.15) is 0 Å². The molecule has 200 valence electrons. The zero-order valence-corrected chi connectivity index (χ0v) is 21.7. The van der Waals surface area contributed by atoms with E-state index < -0.39 is 23.8 Å². The fraction of sp³-hybridized carbons (Fsp3) is 0.577. The fourth-order valence-corrected chi connectivity index (χ4v) is 3.38. The highest BCUT2D eigenvalue weighted by Gasteiger charge is 2.22. The molecule has 10 nitrogen and oxygen atoms in total. The van der Waals surface area contributed by atoms with Crippen molar-refractivity contribution in [2.24, 2.45) is 5.92 Å². The van der Waals surface area contributed by atoms with Crippen LogP contribution in [0.1, 0.15) is 58.4 Å². The Morgan fingerprint density at radius 2 is 1.33 bits per heavy atom. The van der Waals surface area contributed by atoms with E-state index in [-0.39, 0.29) is 37.9 Å². The van der Waals surface area contributed by atoms with Crippen LogP contribution in [-0.2, 0) is 30.4 Å². The molecule has 0 aliphatic heterocycles. The van der Waals surface area contributed by atoms with Gasteiger partial charge in [0, 0.05) is 19.4 Å². The van der Waals surface area contributed by atoms with Crippen molar-refractivity contribution in [1.82, 2.24) is 26.6 Å². The van der Waals surface area contributed by atoms with Gasteiger partial charge in [-0.1, -0.05) is 63.4 Å². The summed E-state index contributed by atoms with van der Waals surface area (Å²) in [7, 11) is 0. The summed E-state index contributed by atoms with van der Waals surface area (Å²) in [5.41, 5.74) is 0.826. The number of rotatable bonds is 17. The molecular weight excluding hydrogens is 462 g/mol. The van der Waals surface area contributed by atoms with Gasteiger partial charge >= 0.3 is 0 Å². The Morgan fingerprint density at radius 3 is 2.00 bits per heavy atom. The molecule has 0 spiro atoms. The SMILES string of the molecule is CCNC(=O)CNC(=O)C(Cc1ccccc1)NC(=O)CNC(=O)CNC(=O)CCCCCC(C)C. The van der Waals surface area contributed by atoms with E-state index >= 15 is 0 Å². The predicted molar refractivity (Wildman–Crippen MR) is 138 cm³/mol. The first-order valence-electron chi connectivity index (χ1n) is 12.6. The van der Waals surface area contributed by atoms with Crippen molar-refractivity contribution in [3.63, 3.8) is 0 Å². The molecule has 0 saturated carbocycles. The minimum absolute atomic E-state index is 0.203.